The van der Waals surface area contributed by atoms with Gasteiger partial charge in [-0.25, -0.2) is 0 Å². The van der Waals surface area contributed by atoms with E-state index in [9.17, 15) is 4.79 Å². The number of likely N-dealkylation sites (N-methyl/N-ethyl adjacent to an activating group) is 1. The Morgan fingerprint density at radius 1 is 1.00 bits per heavy atom. The Labute approximate surface area is 197 Å². The molecule has 1 aliphatic rings. The molecule has 2 N–H and O–H groups in total. The Balaban J connectivity index is 1.61. The van der Waals surface area contributed by atoms with E-state index in [-0.39, 0.29) is 11.8 Å². The fraction of sp³-hybridized carbons (Fsp3) is 0.310. The van der Waals surface area contributed by atoms with Gasteiger partial charge in [0.1, 0.15) is 5.41 Å². The normalized spacial score (nSPS) is 18.1. The van der Waals surface area contributed by atoms with Crippen molar-refractivity contribution < 1.29 is 4.79 Å². The molecular formula is C29H33N3O. The van der Waals surface area contributed by atoms with Gasteiger partial charge >= 0.3 is 0 Å². The zero-order valence-corrected chi connectivity index (χ0v) is 19.6. The minimum Gasteiger partial charge on any atom is -0.375 e. The van der Waals surface area contributed by atoms with Crippen LogP contribution in [-0.2, 0) is 16.6 Å². The number of carbonyl (C=O) groups is 1. The summed E-state index contributed by atoms with van der Waals surface area (Å²) < 4.78 is 0. The van der Waals surface area contributed by atoms with Gasteiger partial charge in [0.25, 0.3) is 0 Å². The van der Waals surface area contributed by atoms with Crippen LogP contribution >= 0.6 is 0 Å². The molecule has 170 valence electrons. The third-order valence-corrected chi connectivity index (χ3v) is 7.24. The van der Waals surface area contributed by atoms with E-state index in [0.717, 1.165) is 53.9 Å². The summed E-state index contributed by atoms with van der Waals surface area (Å²) >= 11 is 0. The highest BCUT2D eigenvalue weighted by molar-refractivity contribution is 5.91. The second kappa shape index (κ2) is 9.62. The first kappa shape index (κ1) is 22.8. The molecule has 1 aliphatic carbocycles. The van der Waals surface area contributed by atoms with E-state index in [0.29, 0.717) is 6.04 Å². The molecule has 0 saturated heterocycles. The SMILES string of the molecule is C=C(Cc1cccc(C)n1)N(C)C1CCC(C(C(N)=O)(c2ccccc2)c2ccccc2)C1. The highest BCUT2D eigenvalue weighted by atomic mass is 16.1. The zero-order valence-electron chi connectivity index (χ0n) is 19.6. The van der Waals surface area contributed by atoms with Crippen molar-refractivity contribution in [3.63, 3.8) is 0 Å². The van der Waals surface area contributed by atoms with Crippen molar-refractivity contribution in [2.45, 2.75) is 44.1 Å². The fourth-order valence-corrected chi connectivity index (χ4v) is 5.52. The third kappa shape index (κ3) is 4.43. The van der Waals surface area contributed by atoms with Crippen LogP contribution in [0.25, 0.3) is 0 Å². The lowest BCUT2D eigenvalue weighted by Crippen LogP contribution is -2.48. The van der Waals surface area contributed by atoms with Crippen LogP contribution in [0.5, 0.6) is 0 Å². The molecule has 2 atom stereocenters. The number of nitrogens with two attached hydrogens (primary N) is 1. The lowest BCUT2D eigenvalue weighted by molar-refractivity contribution is -0.123. The lowest BCUT2D eigenvalue weighted by atomic mass is 9.64. The molecule has 0 aliphatic heterocycles. The quantitative estimate of drug-likeness (QED) is 0.536. The van der Waals surface area contributed by atoms with E-state index in [4.69, 9.17) is 5.73 Å². The molecule has 1 heterocycles. The summed E-state index contributed by atoms with van der Waals surface area (Å²) in [6.45, 7) is 6.37. The summed E-state index contributed by atoms with van der Waals surface area (Å²) in [5, 5.41) is 0. The van der Waals surface area contributed by atoms with E-state index in [2.05, 4.69) is 23.5 Å². The number of aryl methyl sites for hydroxylation is 1. The fourth-order valence-electron chi connectivity index (χ4n) is 5.52. The summed E-state index contributed by atoms with van der Waals surface area (Å²) in [7, 11) is 2.11. The van der Waals surface area contributed by atoms with Crippen LogP contribution in [-0.4, -0.2) is 28.9 Å². The van der Waals surface area contributed by atoms with Crippen LogP contribution in [0.3, 0.4) is 0 Å². The van der Waals surface area contributed by atoms with Gasteiger partial charge < -0.3 is 10.6 Å². The summed E-state index contributed by atoms with van der Waals surface area (Å²) in [5.74, 6) is -0.173. The Morgan fingerprint density at radius 3 is 2.15 bits per heavy atom. The van der Waals surface area contributed by atoms with Gasteiger partial charge in [-0.3, -0.25) is 9.78 Å². The number of nitrogens with zero attached hydrogens (tertiary/aromatic N) is 2. The Bertz CT molecular complexity index is 1070. The average Bonchev–Trinajstić information content (AvgIpc) is 3.30. The largest absolute Gasteiger partial charge is 0.375 e. The number of pyridine rings is 1. The topological polar surface area (TPSA) is 59.2 Å². The van der Waals surface area contributed by atoms with Gasteiger partial charge in [-0.2, -0.15) is 0 Å². The first-order valence-electron chi connectivity index (χ1n) is 11.7. The second-order valence-corrected chi connectivity index (χ2v) is 9.19. The minimum atomic E-state index is -0.850. The summed E-state index contributed by atoms with van der Waals surface area (Å²) in [5.41, 5.74) is 10.4. The smallest absolute Gasteiger partial charge is 0.232 e. The molecule has 0 radical (unpaired) electrons. The Kier molecular flexibility index (Phi) is 6.64. The van der Waals surface area contributed by atoms with Crippen molar-refractivity contribution in [3.8, 4) is 0 Å². The molecule has 1 amide bonds. The van der Waals surface area contributed by atoms with Crippen LogP contribution in [0.2, 0.25) is 0 Å². The van der Waals surface area contributed by atoms with E-state index >= 15 is 0 Å². The number of aromatic nitrogens is 1. The predicted molar refractivity (Wildman–Crippen MR) is 134 cm³/mol. The first-order chi connectivity index (χ1) is 15.9. The maximum Gasteiger partial charge on any atom is 0.232 e. The van der Waals surface area contributed by atoms with Crippen LogP contribution in [0.4, 0.5) is 0 Å². The van der Waals surface area contributed by atoms with Crippen molar-refractivity contribution in [2.24, 2.45) is 11.7 Å². The molecule has 0 bridgehead atoms. The van der Waals surface area contributed by atoms with Crippen molar-refractivity contribution in [3.05, 3.63) is 114 Å². The molecule has 3 aromatic rings. The summed E-state index contributed by atoms with van der Waals surface area (Å²) in [6, 6.07) is 26.5. The van der Waals surface area contributed by atoms with Crippen LogP contribution in [0, 0.1) is 12.8 Å². The number of amides is 1. The number of benzene rings is 2. The molecule has 1 aromatic heterocycles. The molecule has 2 unspecified atom stereocenters. The maximum absolute atomic E-state index is 13.3. The molecule has 4 nitrogen and oxygen atoms in total. The van der Waals surface area contributed by atoms with Gasteiger partial charge in [0.05, 0.1) is 0 Å². The number of allylic oxidation sites excluding steroid dienone is 1. The third-order valence-electron chi connectivity index (χ3n) is 7.24. The van der Waals surface area contributed by atoms with Crippen molar-refractivity contribution in [1.29, 1.82) is 0 Å². The molecule has 2 aromatic carbocycles. The van der Waals surface area contributed by atoms with E-state index in [1.165, 1.54) is 0 Å². The molecule has 4 rings (SSSR count). The number of primary amides is 1. The van der Waals surface area contributed by atoms with Gasteiger partial charge in [0.2, 0.25) is 5.91 Å². The standard InChI is InChI=1S/C29H33N3O/c1-21-11-10-16-26(31-21)19-22(2)32(3)27-18-17-25(20-27)29(28(30)33,23-12-6-4-7-13-23)24-14-8-5-9-15-24/h4-16,25,27H,2,17-20H2,1,3H3,(H2,30,33). The highest BCUT2D eigenvalue weighted by Crippen LogP contribution is 2.48. The summed E-state index contributed by atoms with van der Waals surface area (Å²) in [6.07, 6.45) is 3.52. The number of hydrogen-bond donors (Lipinski definition) is 1. The average molecular weight is 440 g/mol. The van der Waals surface area contributed by atoms with Gasteiger partial charge in [-0.15, -0.1) is 0 Å². The predicted octanol–water partition coefficient (Wildman–Crippen LogP) is 5.02. The Morgan fingerprint density at radius 2 is 1.61 bits per heavy atom. The van der Waals surface area contributed by atoms with Gasteiger partial charge in [-0.1, -0.05) is 73.3 Å². The molecule has 0 spiro atoms. The lowest BCUT2D eigenvalue weighted by Gasteiger charge is -2.38. The summed E-state index contributed by atoms with van der Waals surface area (Å²) in [4.78, 5) is 20.2. The molecular weight excluding hydrogens is 406 g/mol. The van der Waals surface area contributed by atoms with Crippen LogP contribution in [0.15, 0.2) is 91.1 Å². The van der Waals surface area contributed by atoms with E-state index in [1.807, 2.05) is 85.8 Å². The molecule has 1 fully saturated rings. The highest BCUT2D eigenvalue weighted by Gasteiger charge is 2.50. The van der Waals surface area contributed by atoms with Gasteiger partial charge in [0.15, 0.2) is 0 Å². The van der Waals surface area contributed by atoms with Gasteiger partial charge in [-0.05, 0) is 55.4 Å². The van der Waals surface area contributed by atoms with Crippen LogP contribution in [0.1, 0.15) is 41.8 Å². The molecule has 33 heavy (non-hydrogen) atoms. The monoisotopic (exact) mass is 439 g/mol. The van der Waals surface area contributed by atoms with E-state index < -0.39 is 5.41 Å². The van der Waals surface area contributed by atoms with Gasteiger partial charge in [0, 0.05) is 36.6 Å². The minimum absolute atomic E-state index is 0.108. The number of rotatable bonds is 8. The van der Waals surface area contributed by atoms with Crippen molar-refractivity contribution in [1.82, 2.24) is 9.88 Å². The second-order valence-electron chi connectivity index (χ2n) is 9.19. The van der Waals surface area contributed by atoms with Crippen LogP contribution < -0.4 is 5.73 Å². The van der Waals surface area contributed by atoms with Crippen molar-refractivity contribution in [2.75, 3.05) is 7.05 Å². The maximum atomic E-state index is 13.3. The van der Waals surface area contributed by atoms with E-state index in [1.54, 1.807) is 0 Å². The molecule has 4 heteroatoms. The molecule has 1 saturated carbocycles. The first-order valence-corrected chi connectivity index (χ1v) is 11.7. The zero-order chi connectivity index (χ0) is 23.4. The number of hydrogen-bond acceptors (Lipinski definition) is 3. The Hall–Kier alpha value is -3.40. The number of carbonyl (C=O) groups excluding carboxylic acids is 1. The van der Waals surface area contributed by atoms with Crippen molar-refractivity contribution >= 4 is 5.91 Å².